The Hall–Kier alpha value is -2.63. The summed E-state index contributed by atoms with van der Waals surface area (Å²) in [5.74, 6) is -0.126. The van der Waals surface area contributed by atoms with Crippen LogP contribution in [0, 0.1) is 0 Å². The predicted octanol–water partition coefficient (Wildman–Crippen LogP) is 2.09. The van der Waals surface area contributed by atoms with Gasteiger partial charge >= 0.3 is 5.97 Å². The molecule has 0 saturated carbocycles. The quantitative estimate of drug-likeness (QED) is 0.914. The van der Waals surface area contributed by atoms with Crippen molar-refractivity contribution in [3.8, 4) is 5.75 Å². The van der Waals surface area contributed by atoms with Gasteiger partial charge in [0.25, 0.3) is 0 Å². The molecule has 1 aliphatic carbocycles. The molecule has 120 valence electrons. The number of nitrogens with zero attached hydrogens (tertiary/aromatic N) is 2. The summed E-state index contributed by atoms with van der Waals surface area (Å²) in [4.78, 5) is 23.3. The van der Waals surface area contributed by atoms with Gasteiger partial charge in [-0.15, -0.1) is 0 Å². The zero-order chi connectivity index (χ0) is 16.4. The highest BCUT2D eigenvalue weighted by Crippen LogP contribution is 2.26. The van der Waals surface area contributed by atoms with Crippen LogP contribution in [0.5, 0.6) is 5.75 Å². The Morgan fingerprint density at radius 1 is 1.30 bits per heavy atom. The van der Waals surface area contributed by atoms with Crippen LogP contribution in [0.25, 0.3) is 0 Å². The van der Waals surface area contributed by atoms with E-state index in [0.717, 1.165) is 23.4 Å². The smallest absolute Gasteiger partial charge is 0.325 e. The summed E-state index contributed by atoms with van der Waals surface area (Å²) in [5, 5.41) is 13.4. The maximum atomic E-state index is 12.3. The number of hydrogen-bond donors (Lipinski definition) is 1. The van der Waals surface area contributed by atoms with Gasteiger partial charge in [0, 0.05) is 12.8 Å². The number of ketones is 1. The second-order valence-electron chi connectivity index (χ2n) is 5.62. The summed E-state index contributed by atoms with van der Waals surface area (Å²) in [6.07, 6.45) is 2.45. The van der Waals surface area contributed by atoms with Gasteiger partial charge in [-0.3, -0.25) is 14.3 Å². The molecule has 6 nitrogen and oxygen atoms in total. The minimum atomic E-state index is -0.954. The van der Waals surface area contributed by atoms with Gasteiger partial charge < -0.3 is 9.84 Å². The van der Waals surface area contributed by atoms with Crippen molar-refractivity contribution in [2.75, 3.05) is 7.11 Å². The van der Waals surface area contributed by atoms with E-state index in [-0.39, 0.29) is 12.3 Å². The van der Waals surface area contributed by atoms with Crippen molar-refractivity contribution >= 4 is 11.8 Å². The molecule has 1 aliphatic rings. The molecule has 0 fully saturated rings. The third kappa shape index (κ3) is 3.11. The van der Waals surface area contributed by atoms with E-state index < -0.39 is 5.97 Å². The van der Waals surface area contributed by atoms with Gasteiger partial charge in [0.15, 0.2) is 5.78 Å². The lowest BCUT2D eigenvalue weighted by Gasteiger charge is -2.12. The Labute approximate surface area is 133 Å². The summed E-state index contributed by atoms with van der Waals surface area (Å²) in [6, 6.07) is 7.57. The zero-order valence-corrected chi connectivity index (χ0v) is 12.9. The van der Waals surface area contributed by atoms with Crippen LogP contribution in [0.4, 0.5) is 0 Å². The number of carbonyl (C=O) groups is 2. The number of carboxylic acid groups (broad SMARTS) is 1. The van der Waals surface area contributed by atoms with Crippen molar-refractivity contribution < 1.29 is 19.4 Å². The van der Waals surface area contributed by atoms with Crippen LogP contribution in [0.15, 0.2) is 24.3 Å². The van der Waals surface area contributed by atoms with Crippen molar-refractivity contribution in [3.63, 3.8) is 0 Å². The van der Waals surface area contributed by atoms with Crippen LogP contribution in [0.2, 0.25) is 0 Å². The van der Waals surface area contributed by atoms with Crippen LogP contribution in [-0.4, -0.2) is 33.7 Å². The number of carbonyl (C=O) groups excluding carboxylic acids is 1. The van der Waals surface area contributed by atoms with Crippen LogP contribution < -0.4 is 4.74 Å². The third-order valence-electron chi connectivity index (χ3n) is 4.04. The lowest BCUT2D eigenvalue weighted by molar-refractivity contribution is -0.137. The molecular weight excluding hydrogens is 296 g/mol. The fourth-order valence-electron chi connectivity index (χ4n) is 2.99. The Morgan fingerprint density at radius 3 is 2.70 bits per heavy atom. The first-order valence-electron chi connectivity index (χ1n) is 7.55. The van der Waals surface area contributed by atoms with Gasteiger partial charge in [0.1, 0.15) is 12.3 Å². The zero-order valence-electron chi connectivity index (χ0n) is 12.9. The van der Waals surface area contributed by atoms with Crippen LogP contribution >= 0.6 is 0 Å². The summed E-state index contributed by atoms with van der Waals surface area (Å²) >= 11 is 0. The maximum absolute atomic E-state index is 12.3. The van der Waals surface area contributed by atoms with Crippen molar-refractivity contribution in [2.45, 2.75) is 32.2 Å². The molecule has 0 radical (unpaired) electrons. The summed E-state index contributed by atoms with van der Waals surface area (Å²) < 4.78 is 6.60. The Morgan fingerprint density at radius 2 is 2.04 bits per heavy atom. The molecule has 0 amide bonds. The molecule has 3 rings (SSSR count). The third-order valence-corrected chi connectivity index (χ3v) is 4.04. The largest absolute Gasteiger partial charge is 0.497 e. The highest BCUT2D eigenvalue weighted by Gasteiger charge is 2.27. The molecule has 0 unspecified atom stereocenters. The van der Waals surface area contributed by atoms with Crippen molar-refractivity contribution in [2.24, 2.45) is 0 Å². The highest BCUT2D eigenvalue weighted by molar-refractivity contribution is 5.99. The predicted molar refractivity (Wildman–Crippen MR) is 82.9 cm³/mol. The van der Waals surface area contributed by atoms with E-state index in [9.17, 15) is 9.59 Å². The molecule has 0 aliphatic heterocycles. The van der Waals surface area contributed by atoms with Gasteiger partial charge in [0.05, 0.1) is 24.1 Å². The first-order valence-corrected chi connectivity index (χ1v) is 7.55. The molecule has 0 spiro atoms. The maximum Gasteiger partial charge on any atom is 0.325 e. The SMILES string of the molecule is COc1ccc(Cc2nn(CC(=O)O)c3c2C(=O)CCC3)cc1. The molecule has 1 aromatic heterocycles. The number of carboxylic acids is 1. The molecule has 0 saturated heterocycles. The molecule has 0 atom stereocenters. The highest BCUT2D eigenvalue weighted by atomic mass is 16.5. The minimum Gasteiger partial charge on any atom is -0.497 e. The second-order valence-corrected chi connectivity index (χ2v) is 5.62. The lowest BCUT2D eigenvalue weighted by atomic mass is 9.92. The number of aromatic nitrogens is 2. The summed E-state index contributed by atoms with van der Waals surface area (Å²) in [6.45, 7) is -0.210. The molecule has 2 aromatic rings. The number of benzene rings is 1. The summed E-state index contributed by atoms with van der Waals surface area (Å²) in [5.41, 5.74) is 3.04. The normalized spacial score (nSPS) is 13.7. The number of methoxy groups -OCH3 is 1. The van der Waals surface area contributed by atoms with Crippen molar-refractivity contribution in [1.29, 1.82) is 0 Å². The van der Waals surface area contributed by atoms with E-state index in [4.69, 9.17) is 9.84 Å². The molecule has 1 heterocycles. The summed E-state index contributed by atoms with van der Waals surface area (Å²) in [7, 11) is 1.61. The van der Waals surface area contributed by atoms with E-state index >= 15 is 0 Å². The van der Waals surface area contributed by atoms with Gasteiger partial charge in [-0.1, -0.05) is 12.1 Å². The van der Waals surface area contributed by atoms with E-state index in [1.54, 1.807) is 7.11 Å². The van der Waals surface area contributed by atoms with Gasteiger partial charge in [0.2, 0.25) is 0 Å². The average molecular weight is 314 g/mol. The Kier molecular flexibility index (Phi) is 4.14. The van der Waals surface area contributed by atoms with E-state index in [2.05, 4.69) is 5.10 Å². The number of fused-ring (bicyclic) bond motifs is 1. The number of aliphatic carboxylic acids is 1. The molecule has 1 N–H and O–H groups in total. The Balaban J connectivity index is 1.95. The molecule has 1 aromatic carbocycles. The standard InChI is InChI=1S/C17H18N2O4/c1-23-12-7-5-11(6-8-12)9-13-17-14(3-2-4-15(17)20)19(18-13)10-16(21)22/h5-8H,2-4,9-10H2,1H3,(H,21,22). The van der Waals surface area contributed by atoms with Crippen LogP contribution in [-0.2, 0) is 24.2 Å². The van der Waals surface area contributed by atoms with Gasteiger partial charge in [-0.25, -0.2) is 0 Å². The molecule has 0 bridgehead atoms. The number of ether oxygens (including phenoxy) is 1. The first kappa shape index (κ1) is 15.3. The van der Waals surface area contributed by atoms with E-state index in [0.29, 0.717) is 30.5 Å². The molecule has 23 heavy (non-hydrogen) atoms. The van der Waals surface area contributed by atoms with Crippen LogP contribution in [0.3, 0.4) is 0 Å². The number of rotatable bonds is 5. The fraction of sp³-hybridized carbons (Fsp3) is 0.353. The number of Topliss-reactive ketones (excluding diaryl/α,β-unsaturated/α-hetero) is 1. The number of hydrogen-bond acceptors (Lipinski definition) is 4. The average Bonchev–Trinajstić information content (AvgIpc) is 2.86. The molecular formula is C17H18N2O4. The van der Waals surface area contributed by atoms with Crippen LogP contribution in [0.1, 0.15) is 40.2 Å². The van der Waals surface area contributed by atoms with Crippen molar-refractivity contribution in [1.82, 2.24) is 9.78 Å². The second kappa shape index (κ2) is 6.24. The van der Waals surface area contributed by atoms with Crippen molar-refractivity contribution in [3.05, 3.63) is 46.8 Å². The minimum absolute atomic E-state index is 0.0615. The molecule has 6 heteroatoms. The van der Waals surface area contributed by atoms with Gasteiger partial charge in [-0.2, -0.15) is 5.10 Å². The topological polar surface area (TPSA) is 81.4 Å². The first-order chi connectivity index (χ1) is 11.1. The van der Waals surface area contributed by atoms with Gasteiger partial charge in [-0.05, 0) is 30.5 Å². The monoisotopic (exact) mass is 314 g/mol. The van der Waals surface area contributed by atoms with E-state index in [1.807, 2.05) is 24.3 Å². The lowest BCUT2D eigenvalue weighted by Crippen LogP contribution is -2.17. The Bertz CT molecular complexity index is 747. The van der Waals surface area contributed by atoms with E-state index in [1.165, 1.54) is 4.68 Å². The fourth-order valence-corrected chi connectivity index (χ4v) is 2.99.